The molecule has 1 fully saturated rings. The van der Waals surface area contributed by atoms with E-state index in [-0.39, 0.29) is 12.7 Å². The van der Waals surface area contributed by atoms with Crippen molar-refractivity contribution in [1.29, 1.82) is 0 Å². The van der Waals surface area contributed by atoms with Crippen molar-refractivity contribution in [2.24, 2.45) is 0 Å². The van der Waals surface area contributed by atoms with Gasteiger partial charge in [0.1, 0.15) is 11.9 Å². The molecule has 0 aromatic carbocycles. The predicted molar refractivity (Wildman–Crippen MR) is 79.6 cm³/mol. The maximum atomic E-state index is 10.6. The Labute approximate surface area is 128 Å². The third-order valence-corrected chi connectivity index (χ3v) is 4.32. The standard InChI is InChI=1S/C14H21N5O3/c1-4-14(21)5-10(22-11(14)7-20)9-6-16-19-12(9)17-8(2)18-13(19)15-3/h6,10-11,20-21H,4-5,7H2,1-3H3,(H,15,17,18)/t10-,11-,14+/m1/s1. The van der Waals surface area contributed by atoms with Crippen molar-refractivity contribution in [3.8, 4) is 0 Å². The normalized spacial score (nSPS) is 28.4. The van der Waals surface area contributed by atoms with E-state index in [0.29, 0.717) is 30.3 Å². The highest BCUT2D eigenvalue weighted by atomic mass is 16.5. The molecular weight excluding hydrogens is 286 g/mol. The van der Waals surface area contributed by atoms with Crippen molar-refractivity contribution < 1.29 is 14.9 Å². The number of hydrogen-bond acceptors (Lipinski definition) is 7. The predicted octanol–water partition coefficient (Wildman–Crippen LogP) is 0.438. The van der Waals surface area contributed by atoms with E-state index >= 15 is 0 Å². The van der Waals surface area contributed by atoms with Gasteiger partial charge in [0.15, 0.2) is 5.65 Å². The van der Waals surface area contributed by atoms with Crippen LogP contribution in [0, 0.1) is 6.92 Å². The van der Waals surface area contributed by atoms with Gasteiger partial charge in [-0.15, -0.1) is 0 Å². The summed E-state index contributed by atoms with van der Waals surface area (Å²) < 4.78 is 7.46. The number of hydrogen-bond donors (Lipinski definition) is 3. The van der Waals surface area contributed by atoms with E-state index in [2.05, 4.69) is 20.4 Å². The SMILES string of the molecule is CC[C@]1(O)C[C@H](c2cnn3c(NC)nc(C)nc23)O[C@@H]1CO. The minimum Gasteiger partial charge on any atom is -0.394 e. The first-order valence-electron chi connectivity index (χ1n) is 7.41. The van der Waals surface area contributed by atoms with Crippen LogP contribution < -0.4 is 5.32 Å². The number of aliphatic hydroxyl groups excluding tert-OH is 1. The van der Waals surface area contributed by atoms with E-state index in [1.807, 2.05) is 13.8 Å². The Hall–Kier alpha value is -1.77. The van der Waals surface area contributed by atoms with E-state index in [9.17, 15) is 10.2 Å². The maximum absolute atomic E-state index is 10.6. The molecule has 2 aromatic heterocycles. The molecule has 22 heavy (non-hydrogen) atoms. The summed E-state index contributed by atoms with van der Waals surface area (Å²) in [5.41, 5.74) is 0.422. The molecular formula is C14H21N5O3. The second-order valence-electron chi connectivity index (χ2n) is 5.64. The van der Waals surface area contributed by atoms with E-state index < -0.39 is 11.7 Å². The molecule has 8 nitrogen and oxygen atoms in total. The Balaban J connectivity index is 2.03. The fourth-order valence-corrected chi connectivity index (χ4v) is 2.98. The molecule has 0 saturated carbocycles. The van der Waals surface area contributed by atoms with Crippen LogP contribution in [0.2, 0.25) is 0 Å². The summed E-state index contributed by atoms with van der Waals surface area (Å²) in [6, 6.07) is 0. The summed E-state index contributed by atoms with van der Waals surface area (Å²) in [6.07, 6.45) is 1.67. The van der Waals surface area contributed by atoms with Gasteiger partial charge in [-0.05, 0) is 13.3 Å². The Morgan fingerprint density at radius 3 is 2.86 bits per heavy atom. The Bertz CT molecular complexity index is 688. The second-order valence-corrected chi connectivity index (χ2v) is 5.64. The highest BCUT2D eigenvalue weighted by Crippen LogP contribution is 2.42. The van der Waals surface area contributed by atoms with Gasteiger partial charge >= 0.3 is 0 Å². The quantitative estimate of drug-likeness (QED) is 0.752. The van der Waals surface area contributed by atoms with Gasteiger partial charge in [-0.25, -0.2) is 4.98 Å². The molecule has 0 aliphatic carbocycles. The number of anilines is 1. The smallest absolute Gasteiger partial charge is 0.227 e. The van der Waals surface area contributed by atoms with Gasteiger partial charge in [0, 0.05) is 19.0 Å². The fourth-order valence-electron chi connectivity index (χ4n) is 2.98. The number of rotatable bonds is 4. The first-order valence-corrected chi connectivity index (χ1v) is 7.41. The zero-order valence-electron chi connectivity index (χ0n) is 12.9. The molecule has 1 aliphatic rings. The molecule has 3 heterocycles. The number of aromatic nitrogens is 4. The molecule has 0 spiro atoms. The molecule has 2 aromatic rings. The van der Waals surface area contributed by atoms with Crippen molar-refractivity contribution in [2.75, 3.05) is 19.0 Å². The van der Waals surface area contributed by atoms with Gasteiger partial charge in [-0.1, -0.05) is 6.92 Å². The van der Waals surface area contributed by atoms with Crippen molar-refractivity contribution in [2.45, 2.75) is 44.5 Å². The summed E-state index contributed by atoms with van der Waals surface area (Å²) >= 11 is 0. The molecule has 120 valence electrons. The first kappa shape index (κ1) is 15.1. The van der Waals surface area contributed by atoms with Crippen LogP contribution in [0.15, 0.2) is 6.20 Å². The van der Waals surface area contributed by atoms with Gasteiger partial charge in [0.05, 0.1) is 24.5 Å². The average molecular weight is 307 g/mol. The van der Waals surface area contributed by atoms with Crippen LogP contribution in [-0.4, -0.2) is 55.2 Å². The van der Waals surface area contributed by atoms with Gasteiger partial charge in [-0.3, -0.25) is 0 Å². The first-order chi connectivity index (χ1) is 10.5. The summed E-state index contributed by atoms with van der Waals surface area (Å²) in [5.74, 6) is 1.22. The number of aliphatic hydroxyl groups is 2. The van der Waals surface area contributed by atoms with Crippen LogP contribution >= 0.6 is 0 Å². The summed E-state index contributed by atoms with van der Waals surface area (Å²) in [4.78, 5) is 8.72. The van der Waals surface area contributed by atoms with Crippen LogP contribution in [0.3, 0.4) is 0 Å². The van der Waals surface area contributed by atoms with Crippen molar-refractivity contribution >= 4 is 11.6 Å². The van der Waals surface area contributed by atoms with Crippen LogP contribution in [-0.2, 0) is 4.74 Å². The number of nitrogens with zero attached hydrogens (tertiary/aromatic N) is 4. The molecule has 1 aliphatic heterocycles. The highest BCUT2D eigenvalue weighted by Gasteiger charge is 2.47. The van der Waals surface area contributed by atoms with Crippen molar-refractivity contribution in [3.63, 3.8) is 0 Å². The Kier molecular flexibility index (Phi) is 3.75. The molecule has 3 rings (SSSR count). The molecule has 0 amide bonds. The lowest BCUT2D eigenvalue weighted by Crippen LogP contribution is -2.39. The van der Waals surface area contributed by atoms with Gasteiger partial charge < -0.3 is 20.3 Å². The third-order valence-electron chi connectivity index (χ3n) is 4.32. The second kappa shape index (κ2) is 5.45. The number of fused-ring (bicyclic) bond motifs is 1. The number of nitrogens with one attached hydrogen (secondary N) is 1. The van der Waals surface area contributed by atoms with E-state index in [4.69, 9.17) is 4.74 Å². The lowest BCUT2D eigenvalue weighted by Gasteiger charge is -2.24. The van der Waals surface area contributed by atoms with Crippen LogP contribution in [0.5, 0.6) is 0 Å². The molecule has 0 radical (unpaired) electrons. The number of aryl methyl sites for hydroxylation is 1. The van der Waals surface area contributed by atoms with Gasteiger partial charge in [0.2, 0.25) is 5.95 Å². The topological polar surface area (TPSA) is 105 Å². The molecule has 1 saturated heterocycles. The summed E-state index contributed by atoms with van der Waals surface area (Å²) in [6.45, 7) is 3.48. The lowest BCUT2D eigenvalue weighted by molar-refractivity contribution is -0.0734. The third kappa shape index (κ3) is 2.23. The minimum absolute atomic E-state index is 0.212. The van der Waals surface area contributed by atoms with Crippen molar-refractivity contribution in [1.82, 2.24) is 19.6 Å². The summed E-state index contributed by atoms with van der Waals surface area (Å²) in [5, 5.41) is 27.3. The Morgan fingerprint density at radius 2 is 2.27 bits per heavy atom. The monoisotopic (exact) mass is 307 g/mol. The Morgan fingerprint density at radius 1 is 1.50 bits per heavy atom. The lowest BCUT2D eigenvalue weighted by atomic mass is 9.90. The zero-order chi connectivity index (χ0) is 15.9. The van der Waals surface area contributed by atoms with Crippen LogP contribution in [0.25, 0.3) is 5.65 Å². The van der Waals surface area contributed by atoms with E-state index in [0.717, 1.165) is 5.56 Å². The van der Waals surface area contributed by atoms with Gasteiger partial charge in [0.25, 0.3) is 0 Å². The van der Waals surface area contributed by atoms with E-state index in [1.165, 1.54) is 0 Å². The van der Waals surface area contributed by atoms with E-state index in [1.54, 1.807) is 17.8 Å². The molecule has 0 bridgehead atoms. The largest absolute Gasteiger partial charge is 0.394 e. The van der Waals surface area contributed by atoms with Crippen LogP contribution in [0.4, 0.5) is 5.95 Å². The molecule has 3 atom stereocenters. The highest BCUT2D eigenvalue weighted by molar-refractivity contribution is 5.52. The minimum atomic E-state index is -1.03. The zero-order valence-corrected chi connectivity index (χ0v) is 12.9. The van der Waals surface area contributed by atoms with Crippen molar-refractivity contribution in [3.05, 3.63) is 17.6 Å². The number of ether oxygens (including phenoxy) is 1. The summed E-state index contributed by atoms with van der Waals surface area (Å²) in [7, 11) is 1.77. The fraction of sp³-hybridized carbons (Fsp3) is 0.643. The molecule has 8 heteroatoms. The molecule has 3 N–H and O–H groups in total. The maximum Gasteiger partial charge on any atom is 0.227 e. The van der Waals surface area contributed by atoms with Crippen LogP contribution in [0.1, 0.15) is 37.3 Å². The molecule has 0 unspecified atom stereocenters. The average Bonchev–Trinajstić information content (AvgIpc) is 3.07. The van der Waals surface area contributed by atoms with Gasteiger partial charge in [-0.2, -0.15) is 14.6 Å².